The molecule has 3 aromatic carbocycles. The molecule has 0 radical (unpaired) electrons. The first-order valence-corrected chi connectivity index (χ1v) is 10.7. The lowest BCUT2D eigenvalue weighted by atomic mass is 10.2. The Hall–Kier alpha value is -3.58. The van der Waals surface area contributed by atoms with Gasteiger partial charge in [-0.05, 0) is 55.5 Å². The minimum Gasteiger partial charge on any atom is -0.308 e. The first-order valence-electron chi connectivity index (χ1n) is 9.83. The minimum absolute atomic E-state index is 0.164. The van der Waals surface area contributed by atoms with Gasteiger partial charge in [0.05, 0.1) is 10.9 Å². The van der Waals surface area contributed by atoms with E-state index >= 15 is 0 Å². The molecule has 0 bridgehead atoms. The average Bonchev–Trinajstić information content (AvgIpc) is 3.04. The fourth-order valence-electron chi connectivity index (χ4n) is 3.26. The fraction of sp³-hybridized carbons (Fsp3) is 0.125. The molecule has 0 aliphatic carbocycles. The molecule has 156 valence electrons. The number of thioether (sulfide) groups is 1. The summed E-state index contributed by atoms with van der Waals surface area (Å²) >= 11 is 1.35. The topological polar surface area (TPSA) is 78.5 Å². The number of anilines is 3. The van der Waals surface area contributed by atoms with Crippen molar-refractivity contribution in [1.82, 2.24) is 0 Å². The van der Waals surface area contributed by atoms with Crippen LogP contribution in [0.4, 0.5) is 21.9 Å². The first-order chi connectivity index (χ1) is 15.0. The van der Waals surface area contributed by atoms with Crippen molar-refractivity contribution in [3.63, 3.8) is 0 Å². The van der Waals surface area contributed by atoms with Gasteiger partial charge in [-0.1, -0.05) is 35.9 Å². The van der Waals surface area contributed by atoms with Crippen LogP contribution in [-0.4, -0.2) is 23.1 Å². The van der Waals surface area contributed by atoms with E-state index < -0.39 is 5.25 Å². The number of carbonyl (C=O) groups excluding carboxylic acids is 3. The summed E-state index contributed by atoms with van der Waals surface area (Å²) in [7, 11) is 0. The van der Waals surface area contributed by atoms with Crippen molar-refractivity contribution in [1.29, 1.82) is 0 Å². The van der Waals surface area contributed by atoms with Gasteiger partial charge >= 0.3 is 6.03 Å². The zero-order chi connectivity index (χ0) is 21.8. The summed E-state index contributed by atoms with van der Waals surface area (Å²) in [5.41, 5.74) is 3.01. The van der Waals surface area contributed by atoms with Crippen LogP contribution in [0, 0.1) is 6.92 Å². The van der Waals surface area contributed by atoms with E-state index in [1.165, 1.54) is 16.7 Å². The number of hydrogen-bond donors (Lipinski definition) is 2. The highest BCUT2D eigenvalue weighted by Crippen LogP contribution is 2.34. The average molecular weight is 432 g/mol. The van der Waals surface area contributed by atoms with Crippen LogP contribution in [0.3, 0.4) is 0 Å². The predicted molar refractivity (Wildman–Crippen MR) is 123 cm³/mol. The molecule has 1 saturated heterocycles. The predicted octanol–water partition coefficient (Wildman–Crippen LogP) is 5.06. The molecular formula is C24H21N3O3S. The zero-order valence-electron chi connectivity index (χ0n) is 16.9. The third kappa shape index (κ3) is 4.95. The number of benzene rings is 3. The molecule has 1 heterocycles. The normalized spacial score (nSPS) is 15.8. The summed E-state index contributed by atoms with van der Waals surface area (Å²) in [6, 6.07) is 23.4. The fourth-order valence-corrected chi connectivity index (χ4v) is 4.31. The second-order valence-corrected chi connectivity index (χ2v) is 8.46. The molecule has 7 heteroatoms. The van der Waals surface area contributed by atoms with Crippen LogP contribution < -0.4 is 15.5 Å². The van der Waals surface area contributed by atoms with E-state index in [1.54, 1.807) is 36.4 Å². The SMILES string of the molecule is Cc1ccc(N2C(=O)C[C@@H](Sc3ccc(NC(=O)Nc4ccccc4)cc3)C2=O)cc1. The van der Waals surface area contributed by atoms with Crippen LogP contribution in [0.2, 0.25) is 0 Å². The van der Waals surface area contributed by atoms with Gasteiger partial charge in [0.25, 0.3) is 0 Å². The Morgan fingerprint density at radius 3 is 2.13 bits per heavy atom. The van der Waals surface area contributed by atoms with Crippen LogP contribution in [0.1, 0.15) is 12.0 Å². The Morgan fingerprint density at radius 2 is 1.48 bits per heavy atom. The number of nitrogens with one attached hydrogen (secondary N) is 2. The summed E-state index contributed by atoms with van der Waals surface area (Å²) in [6.45, 7) is 1.96. The van der Waals surface area contributed by atoms with E-state index in [2.05, 4.69) is 10.6 Å². The number of urea groups is 1. The molecule has 3 aromatic rings. The molecule has 1 aliphatic heterocycles. The number of rotatable bonds is 5. The maximum Gasteiger partial charge on any atom is 0.323 e. The molecule has 0 aromatic heterocycles. The van der Waals surface area contributed by atoms with E-state index in [1.807, 2.05) is 49.4 Å². The minimum atomic E-state index is -0.464. The van der Waals surface area contributed by atoms with E-state index in [0.717, 1.165) is 10.5 Å². The van der Waals surface area contributed by atoms with E-state index in [-0.39, 0.29) is 24.3 Å². The lowest BCUT2D eigenvalue weighted by Crippen LogP contribution is -2.31. The van der Waals surface area contributed by atoms with Gasteiger partial charge in [-0.3, -0.25) is 9.59 Å². The Kier molecular flexibility index (Phi) is 6.04. The van der Waals surface area contributed by atoms with E-state index in [0.29, 0.717) is 17.1 Å². The molecule has 1 atom stereocenters. The summed E-state index contributed by atoms with van der Waals surface area (Å²) in [5.74, 6) is -0.398. The Morgan fingerprint density at radius 1 is 0.871 bits per heavy atom. The number of para-hydroxylation sites is 1. The molecule has 2 N–H and O–H groups in total. The summed E-state index contributed by atoms with van der Waals surface area (Å²) in [6.07, 6.45) is 0.164. The van der Waals surface area contributed by atoms with Crippen molar-refractivity contribution < 1.29 is 14.4 Å². The first kappa shape index (κ1) is 20.7. The summed E-state index contributed by atoms with van der Waals surface area (Å²) in [5, 5.41) is 5.06. The van der Waals surface area contributed by atoms with Gasteiger partial charge in [0.15, 0.2) is 0 Å². The van der Waals surface area contributed by atoms with Gasteiger partial charge in [-0.2, -0.15) is 0 Å². The van der Waals surface area contributed by atoms with Gasteiger partial charge in [-0.25, -0.2) is 9.69 Å². The molecule has 0 spiro atoms. The van der Waals surface area contributed by atoms with Crippen LogP contribution in [-0.2, 0) is 9.59 Å². The molecule has 1 fully saturated rings. The Balaban J connectivity index is 1.36. The van der Waals surface area contributed by atoms with Crippen molar-refractivity contribution in [3.05, 3.63) is 84.4 Å². The van der Waals surface area contributed by atoms with E-state index in [4.69, 9.17) is 0 Å². The monoisotopic (exact) mass is 431 g/mol. The van der Waals surface area contributed by atoms with Gasteiger partial charge in [-0.15, -0.1) is 11.8 Å². The molecule has 0 unspecified atom stereocenters. The lowest BCUT2D eigenvalue weighted by molar-refractivity contribution is -0.121. The third-order valence-electron chi connectivity index (χ3n) is 4.82. The van der Waals surface area contributed by atoms with Gasteiger partial charge < -0.3 is 10.6 Å². The number of amides is 4. The lowest BCUT2D eigenvalue weighted by Gasteiger charge is -2.15. The molecule has 1 aliphatic rings. The van der Waals surface area contributed by atoms with Gasteiger partial charge in [0.1, 0.15) is 0 Å². The number of carbonyl (C=O) groups is 3. The second kappa shape index (κ2) is 9.06. The highest BCUT2D eigenvalue weighted by molar-refractivity contribution is 8.00. The van der Waals surface area contributed by atoms with E-state index in [9.17, 15) is 14.4 Å². The molecule has 4 rings (SSSR count). The van der Waals surface area contributed by atoms with Crippen molar-refractivity contribution in [2.75, 3.05) is 15.5 Å². The third-order valence-corrected chi connectivity index (χ3v) is 6.02. The van der Waals surface area contributed by atoms with Crippen LogP contribution >= 0.6 is 11.8 Å². The molecule has 6 nitrogen and oxygen atoms in total. The molecular weight excluding hydrogens is 410 g/mol. The quantitative estimate of drug-likeness (QED) is 0.553. The van der Waals surface area contributed by atoms with Gasteiger partial charge in [0, 0.05) is 22.7 Å². The molecule has 31 heavy (non-hydrogen) atoms. The van der Waals surface area contributed by atoms with Crippen LogP contribution in [0.25, 0.3) is 0 Å². The smallest absolute Gasteiger partial charge is 0.308 e. The van der Waals surface area contributed by atoms with Crippen molar-refractivity contribution in [2.45, 2.75) is 23.5 Å². The highest BCUT2D eigenvalue weighted by Gasteiger charge is 2.40. The number of aryl methyl sites for hydroxylation is 1. The number of nitrogens with zero attached hydrogens (tertiary/aromatic N) is 1. The number of imide groups is 1. The van der Waals surface area contributed by atoms with Crippen molar-refractivity contribution in [3.8, 4) is 0 Å². The standard InChI is InChI=1S/C24H21N3O3S/c1-16-7-11-19(12-8-16)27-22(28)15-21(23(27)29)31-20-13-9-18(10-14-20)26-24(30)25-17-5-3-2-4-6-17/h2-14,21H,15H2,1H3,(H2,25,26,30)/t21-/m1/s1. The molecule has 0 saturated carbocycles. The largest absolute Gasteiger partial charge is 0.323 e. The summed E-state index contributed by atoms with van der Waals surface area (Å²) in [4.78, 5) is 39.5. The number of hydrogen-bond acceptors (Lipinski definition) is 4. The molecule has 4 amide bonds. The zero-order valence-corrected chi connectivity index (χ0v) is 17.7. The maximum absolute atomic E-state index is 12.8. The van der Waals surface area contributed by atoms with Crippen LogP contribution in [0.15, 0.2) is 83.8 Å². The maximum atomic E-state index is 12.8. The summed E-state index contributed by atoms with van der Waals surface area (Å²) < 4.78 is 0. The Labute approximate surface area is 184 Å². The highest BCUT2D eigenvalue weighted by atomic mass is 32.2. The van der Waals surface area contributed by atoms with Gasteiger partial charge in [0.2, 0.25) is 11.8 Å². The Bertz CT molecular complexity index is 1100. The second-order valence-electron chi connectivity index (χ2n) is 7.18. The van der Waals surface area contributed by atoms with Crippen LogP contribution in [0.5, 0.6) is 0 Å². The van der Waals surface area contributed by atoms with Crippen molar-refractivity contribution >= 4 is 46.7 Å². The van der Waals surface area contributed by atoms with Crippen molar-refractivity contribution in [2.24, 2.45) is 0 Å².